The van der Waals surface area contributed by atoms with Gasteiger partial charge in [0.05, 0.1) is 8.07 Å². The van der Waals surface area contributed by atoms with E-state index in [1.807, 2.05) is 6.08 Å². The molecule has 0 unspecified atom stereocenters. The number of hydrogen-bond donors (Lipinski definition) is 0. The van der Waals surface area contributed by atoms with Crippen molar-refractivity contribution in [2.75, 3.05) is 6.61 Å². The fourth-order valence-electron chi connectivity index (χ4n) is 7.26. The van der Waals surface area contributed by atoms with Gasteiger partial charge in [0.1, 0.15) is 12.4 Å². The summed E-state index contributed by atoms with van der Waals surface area (Å²) in [6.07, 6.45) is 3.93. The maximum absolute atomic E-state index is 6.45. The van der Waals surface area contributed by atoms with Crippen LogP contribution >= 0.6 is 0 Å². The van der Waals surface area contributed by atoms with E-state index in [1.54, 1.807) is 0 Å². The third-order valence-corrected chi connectivity index (χ3v) is 13.4. The van der Waals surface area contributed by atoms with E-state index in [9.17, 15) is 0 Å². The lowest BCUT2D eigenvalue weighted by Crippen LogP contribution is -2.48. The van der Waals surface area contributed by atoms with Crippen LogP contribution in [0.4, 0.5) is 0 Å². The van der Waals surface area contributed by atoms with Crippen molar-refractivity contribution in [2.24, 2.45) is 0 Å². The lowest BCUT2D eigenvalue weighted by Gasteiger charge is -2.34. The lowest BCUT2D eigenvalue weighted by molar-refractivity contribution is 0.363. The second kappa shape index (κ2) is 12.1. The normalized spacial score (nSPS) is 12.6. The van der Waals surface area contributed by atoms with Crippen molar-refractivity contribution in [1.29, 1.82) is 0 Å². The first-order valence-electron chi connectivity index (χ1n) is 16.1. The van der Waals surface area contributed by atoms with Crippen LogP contribution in [0.1, 0.15) is 52.8 Å². The Morgan fingerprint density at radius 1 is 0.682 bits per heavy atom. The average molecular weight is 593 g/mol. The standard InChI is InChI=1S/C42H44OSi/c1-8-21-43-41-29(5)22-28(4)23-40(41)44(6,7)42-38-26-34(32-15-11-13-30(9-2)24-32)17-19-36(38)37-20-18-35(27-39(37)42)33-16-12-14-31(10-3)25-33/h8,11-20,22-27,42H,1,9-10,21H2,2-7H3. The van der Waals surface area contributed by atoms with Crippen LogP contribution in [0, 0.1) is 13.8 Å². The molecule has 0 saturated heterocycles. The molecule has 0 bridgehead atoms. The minimum Gasteiger partial charge on any atom is -0.489 e. The van der Waals surface area contributed by atoms with Gasteiger partial charge in [-0.25, -0.2) is 0 Å². The van der Waals surface area contributed by atoms with Crippen molar-refractivity contribution in [2.45, 2.75) is 59.2 Å². The van der Waals surface area contributed by atoms with Crippen LogP contribution in [0.5, 0.6) is 5.75 Å². The Hall–Kier alpha value is -4.14. The Morgan fingerprint density at radius 2 is 1.20 bits per heavy atom. The molecular formula is C42H44OSi. The van der Waals surface area contributed by atoms with Gasteiger partial charge in [-0.05, 0) is 93.1 Å². The summed E-state index contributed by atoms with van der Waals surface area (Å²) < 4.78 is 6.45. The van der Waals surface area contributed by atoms with Gasteiger partial charge in [0.15, 0.2) is 0 Å². The molecular weight excluding hydrogens is 549 g/mol. The van der Waals surface area contributed by atoms with Crippen LogP contribution in [0.15, 0.2) is 110 Å². The minimum absolute atomic E-state index is 0.281. The summed E-state index contributed by atoms with van der Waals surface area (Å²) in [5.74, 6) is 1.04. The molecule has 222 valence electrons. The molecule has 0 radical (unpaired) electrons. The summed E-state index contributed by atoms with van der Waals surface area (Å²) in [4.78, 5) is 0. The van der Waals surface area contributed by atoms with Gasteiger partial charge in [-0.1, -0.05) is 142 Å². The van der Waals surface area contributed by atoms with Gasteiger partial charge in [0.2, 0.25) is 0 Å². The quantitative estimate of drug-likeness (QED) is 0.122. The Balaban J connectivity index is 1.58. The first kappa shape index (κ1) is 29.9. The summed E-state index contributed by atoms with van der Waals surface area (Å²) in [5, 5.41) is 1.39. The molecule has 0 aromatic heterocycles. The predicted octanol–water partition coefficient (Wildman–Crippen LogP) is 10.6. The molecule has 1 nitrogen and oxygen atoms in total. The van der Waals surface area contributed by atoms with Crippen LogP contribution in [-0.4, -0.2) is 14.7 Å². The highest BCUT2D eigenvalue weighted by Gasteiger charge is 2.44. The second-order valence-corrected chi connectivity index (χ2v) is 17.5. The molecule has 6 rings (SSSR count). The van der Waals surface area contributed by atoms with E-state index in [0.717, 1.165) is 18.6 Å². The predicted molar refractivity (Wildman–Crippen MR) is 192 cm³/mol. The molecule has 5 aromatic carbocycles. The zero-order valence-electron chi connectivity index (χ0n) is 27.1. The van der Waals surface area contributed by atoms with Crippen molar-refractivity contribution >= 4 is 13.3 Å². The SMILES string of the molecule is C=CCOc1c(C)cc(C)cc1[Si](C)(C)C1c2cc(-c3cccc(CC)c3)ccc2-c2ccc(-c3cccc(CC)c3)cc21. The number of rotatable bonds is 9. The van der Waals surface area contributed by atoms with E-state index in [4.69, 9.17) is 4.74 Å². The van der Waals surface area contributed by atoms with Gasteiger partial charge in [0, 0.05) is 5.54 Å². The molecule has 5 aromatic rings. The van der Waals surface area contributed by atoms with E-state index in [-0.39, 0.29) is 5.54 Å². The maximum atomic E-state index is 6.45. The molecule has 44 heavy (non-hydrogen) atoms. The molecule has 0 aliphatic heterocycles. The average Bonchev–Trinajstić information content (AvgIpc) is 3.37. The highest BCUT2D eigenvalue weighted by molar-refractivity contribution is 6.92. The van der Waals surface area contributed by atoms with Crippen LogP contribution in [-0.2, 0) is 12.8 Å². The van der Waals surface area contributed by atoms with E-state index in [0.29, 0.717) is 6.61 Å². The third kappa shape index (κ3) is 5.37. The molecule has 0 amide bonds. The van der Waals surface area contributed by atoms with Crippen molar-refractivity contribution in [3.05, 3.63) is 143 Å². The van der Waals surface area contributed by atoms with Crippen molar-refractivity contribution in [3.63, 3.8) is 0 Å². The minimum atomic E-state index is -2.25. The van der Waals surface area contributed by atoms with E-state index in [2.05, 4.69) is 144 Å². The molecule has 1 aliphatic rings. The van der Waals surface area contributed by atoms with E-state index < -0.39 is 8.07 Å². The Bertz CT molecular complexity index is 1760. The van der Waals surface area contributed by atoms with Gasteiger partial charge in [-0.15, -0.1) is 0 Å². The van der Waals surface area contributed by atoms with Gasteiger partial charge >= 0.3 is 0 Å². The first-order chi connectivity index (χ1) is 21.2. The Morgan fingerprint density at radius 3 is 1.70 bits per heavy atom. The molecule has 0 saturated carbocycles. The summed E-state index contributed by atoms with van der Waals surface area (Å²) in [7, 11) is -2.25. The van der Waals surface area contributed by atoms with Gasteiger partial charge in [0.25, 0.3) is 0 Å². The fraction of sp³-hybridized carbons (Fsp3) is 0.238. The molecule has 2 heteroatoms. The summed E-state index contributed by atoms with van der Waals surface area (Å²) in [6, 6.07) is 37.1. The molecule has 0 N–H and O–H groups in total. The van der Waals surface area contributed by atoms with E-state index >= 15 is 0 Å². The van der Waals surface area contributed by atoms with Gasteiger partial charge < -0.3 is 4.74 Å². The highest BCUT2D eigenvalue weighted by atomic mass is 28.3. The van der Waals surface area contributed by atoms with Crippen molar-refractivity contribution < 1.29 is 4.74 Å². The topological polar surface area (TPSA) is 9.23 Å². The Labute approximate surface area is 265 Å². The molecule has 1 aliphatic carbocycles. The fourth-order valence-corrected chi connectivity index (χ4v) is 11.1. The zero-order valence-corrected chi connectivity index (χ0v) is 28.1. The summed E-state index contributed by atoms with van der Waals surface area (Å²) in [6.45, 7) is 18.4. The zero-order chi connectivity index (χ0) is 31.0. The van der Waals surface area contributed by atoms with Crippen molar-refractivity contribution in [1.82, 2.24) is 0 Å². The van der Waals surface area contributed by atoms with Crippen LogP contribution in [0.3, 0.4) is 0 Å². The van der Waals surface area contributed by atoms with Gasteiger partial charge in [-0.3, -0.25) is 0 Å². The second-order valence-electron chi connectivity index (χ2n) is 12.9. The summed E-state index contributed by atoms with van der Waals surface area (Å²) >= 11 is 0. The molecule has 0 fully saturated rings. The summed E-state index contributed by atoms with van der Waals surface area (Å²) in [5.41, 5.74) is 16.3. The smallest absolute Gasteiger partial charge is 0.121 e. The number of aryl methyl sites for hydroxylation is 4. The molecule has 0 heterocycles. The van der Waals surface area contributed by atoms with E-state index in [1.165, 1.54) is 71.9 Å². The Kier molecular flexibility index (Phi) is 8.22. The molecule has 0 atom stereocenters. The monoisotopic (exact) mass is 592 g/mol. The third-order valence-electron chi connectivity index (χ3n) is 9.53. The molecule has 0 spiro atoms. The lowest BCUT2D eigenvalue weighted by atomic mass is 9.96. The number of hydrogen-bond acceptors (Lipinski definition) is 1. The first-order valence-corrected chi connectivity index (χ1v) is 19.1. The largest absolute Gasteiger partial charge is 0.489 e. The highest BCUT2D eigenvalue weighted by Crippen LogP contribution is 2.51. The van der Waals surface area contributed by atoms with Crippen LogP contribution in [0.2, 0.25) is 13.1 Å². The maximum Gasteiger partial charge on any atom is 0.121 e. The number of fused-ring (bicyclic) bond motifs is 3. The van der Waals surface area contributed by atoms with Gasteiger partial charge in [-0.2, -0.15) is 0 Å². The van der Waals surface area contributed by atoms with Crippen LogP contribution in [0.25, 0.3) is 33.4 Å². The number of benzene rings is 5. The number of ether oxygens (including phenoxy) is 1. The van der Waals surface area contributed by atoms with Crippen LogP contribution < -0.4 is 9.92 Å². The van der Waals surface area contributed by atoms with Crippen molar-refractivity contribution in [3.8, 4) is 39.1 Å².